The molecule has 1 aromatic heterocycles. The van der Waals surface area contributed by atoms with Crippen LogP contribution < -0.4 is 10.1 Å². The van der Waals surface area contributed by atoms with Gasteiger partial charge in [-0.3, -0.25) is 0 Å². The van der Waals surface area contributed by atoms with Crippen LogP contribution in [0, 0.1) is 11.3 Å². The Morgan fingerprint density at radius 3 is 2.75 bits per heavy atom. The smallest absolute Gasteiger partial charge is 0.237 e. The summed E-state index contributed by atoms with van der Waals surface area (Å²) in [4.78, 5) is 8.54. The van der Waals surface area contributed by atoms with Gasteiger partial charge in [-0.2, -0.15) is 10.2 Å². The molecule has 1 aliphatic heterocycles. The molecule has 0 radical (unpaired) electrons. The molecule has 0 bridgehead atoms. The molecule has 6 heteroatoms. The highest BCUT2D eigenvalue weighted by Crippen LogP contribution is 2.23. The van der Waals surface area contributed by atoms with Crippen LogP contribution in [0.4, 0.5) is 5.95 Å². The third-order valence-corrected chi connectivity index (χ3v) is 3.70. The Bertz CT molecular complexity index is 504. The summed E-state index contributed by atoms with van der Waals surface area (Å²) in [7, 11) is 0. The molecular formula is C14H18N4O2. The number of nitriles is 1. The van der Waals surface area contributed by atoms with E-state index >= 15 is 0 Å². The number of hydrogen-bond donors (Lipinski definition) is 1. The molecule has 1 aromatic rings. The summed E-state index contributed by atoms with van der Waals surface area (Å²) in [6.07, 6.45) is 7.62. The van der Waals surface area contributed by atoms with Gasteiger partial charge in [0, 0.05) is 6.04 Å². The van der Waals surface area contributed by atoms with E-state index in [1.807, 2.05) is 0 Å². The highest BCUT2D eigenvalue weighted by atomic mass is 16.6. The maximum absolute atomic E-state index is 9.07. The number of nitrogens with zero attached hydrogens (tertiary/aromatic N) is 3. The summed E-state index contributed by atoms with van der Waals surface area (Å²) in [5.74, 6) is 0.903. The molecule has 2 aliphatic rings. The molecule has 0 amide bonds. The molecule has 0 spiro atoms. The third kappa shape index (κ3) is 2.99. The first-order chi connectivity index (χ1) is 9.85. The second-order valence-electron chi connectivity index (χ2n) is 5.28. The number of aromatic nitrogens is 2. The van der Waals surface area contributed by atoms with E-state index in [2.05, 4.69) is 21.4 Å². The van der Waals surface area contributed by atoms with Gasteiger partial charge in [-0.15, -0.1) is 0 Å². The van der Waals surface area contributed by atoms with Gasteiger partial charge in [0.25, 0.3) is 0 Å². The standard InChI is InChI=1S/C14H18N4O2/c15-6-10-7-16-14(17-11-4-2-1-3-5-11)18-13(10)20-12-8-19-9-12/h7,11-12H,1-5,8-9H2,(H,16,17,18). The quantitative estimate of drug-likeness (QED) is 0.902. The Balaban J connectivity index is 1.70. The van der Waals surface area contributed by atoms with Gasteiger partial charge in [0.15, 0.2) is 0 Å². The first-order valence-corrected chi connectivity index (χ1v) is 7.13. The van der Waals surface area contributed by atoms with Crippen LogP contribution in [0.1, 0.15) is 37.7 Å². The topological polar surface area (TPSA) is 80.1 Å². The summed E-state index contributed by atoms with van der Waals surface area (Å²) in [6.45, 7) is 1.11. The van der Waals surface area contributed by atoms with Crippen molar-refractivity contribution >= 4 is 5.95 Å². The first kappa shape index (κ1) is 13.1. The van der Waals surface area contributed by atoms with Crippen LogP contribution in [-0.4, -0.2) is 35.3 Å². The molecule has 106 valence electrons. The minimum Gasteiger partial charge on any atom is -0.468 e. The molecule has 20 heavy (non-hydrogen) atoms. The number of hydrogen-bond acceptors (Lipinski definition) is 6. The normalized spacial score (nSPS) is 19.9. The summed E-state index contributed by atoms with van der Waals surface area (Å²) in [5.41, 5.74) is 0.367. The Labute approximate surface area is 118 Å². The molecule has 2 fully saturated rings. The van der Waals surface area contributed by atoms with Crippen molar-refractivity contribution in [3.63, 3.8) is 0 Å². The van der Waals surface area contributed by atoms with Crippen molar-refractivity contribution < 1.29 is 9.47 Å². The van der Waals surface area contributed by atoms with Crippen molar-refractivity contribution in [1.82, 2.24) is 9.97 Å². The molecule has 0 atom stereocenters. The summed E-state index contributed by atoms with van der Waals surface area (Å²) in [5, 5.41) is 12.4. The van der Waals surface area contributed by atoms with E-state index in [-0.39, 0.29) is 6.10 Å². The van der Waals surface area contributed by atoms with Crippen LogP contribution in [0.2, 0.25) is 0 Å². The molecule has 1 aliphatic carbocycles. The maximum atomic E-state index is 9.07. The van der Waals surface area contributed by atoms with E-state index in [0.29, 0.717) is 36.6 Å². The van der Waals surface area contributed by atoms with E-state index in [4.69, 9.17) is 14.7 Å². The summed E-state index contributed by atoms with van der Waals surface area (Å²) in [6, 6.07) is 2.49. The predicted octanol–water partition coefficient (Wildman–Crippen LogP) is 1.87. The van der Waals surface area contributed by atoms with E-state index in [9.17, 15) is 0 Å². The van der Waals surface area contributed by atoms with Crippen molar-refractivity contribution in [3.05, 3.63) is 11.8 Å². The molecule has 6 nitrogen and oxygen atoms in total. The fraction of sp³-hybridized carbons (Fsp3) is 0.643. The van der Waals surface area contributed by atoms with Gasteiger partial charge in [-0.1, -0.05) is 19.3 Å². The molecule has 0 unspecified atom stereocenters. The second kappa shape index (κ2) is 6.06. The minimum absolute atomic E-state index is 0.000435. The van der Waals surface area contributed by atoms with Crippen LogP contribution in [-0.2, 0) is 4.74 Å². The fourth-order valence-electron chi connectivity index (χ4n) is 2.47. The van der Waals surface area contributed by atoms with Crippen molar-refractivity contribution in [3.8, 4) is 11.9 Å². The van der Waals surface area contributed by atoms with Gasteiger partial charge in [0.05, 0.1) is 19.4 Å². The largest absolute Gasteiger partial charge is 0.468 e. The van der Waals surface area contributed by atoms with Crippen LogP contribution in [0.15, 0.2) is 6.20 Å². The molecule has 0 aromatic carbocycles. The van der Waals surface area contributed by atoms with Crippen molar-refractivity contribution in [1.29, 1.82) is 5.26 Å². The lowest BCUT2D eigenvalue weighted by Crippen LogP contribution is -2.39. The number of rotatable bonds is 4. The molecular weight excluding hydrogens is 256 g/mol. The average molecular weight is 274 g/mol. The molecule has 1 saturated heterocycles. The monoisotopic (exact) mass is 274 g/mol. The maximum Gasteiger partial charge on any atom is 0.237 e. The molecule has 1 saturated carbocycles. The summed E-state index contributed by atoms with van der Waals surface area (Å²) >= 11 is 0. The first-order valence-electron chi connectivity index (χ1n) is 7.13. The van der Waals surface area contributed by atoms with Crippen LogP contribution in [0.3, 0.4) is 0 Å². The Morgan fingerprint density at radius 1 is 1.30 bits per heavy atom. The van der Waals surface area contributed by atoms with Gasteiger partial charge < -0.3 is 14.8 Å². The van der Waals surface area contributed by atoms with Gasteiger partial charge in [0.2, 0.25) is 11.8 Å². The Kier molecular flexibility index (Phi) is 3.97. The van der Waals surface area contributed by atoms with Crippen LogP contribution in [0.25, 0.3) is 0 Å². The van der Waals surface area contributed by atoms with Gasteiger partial charge in [0.1, 0.15) is 17.7 Å². The van der Waals surface area contributed by atoms with Gasteiger partial charge in [-0.25, -0.2) is 4.98 Å². The van der Waals surface area contributed by atoms with Crippen LogP contribution in [0.5, 0.6) is 5.88 Å². The van der Waals surface area contributed by atoms with Gasteiger partial charge >= 0.3 is 0 Å². The van der Waals surface area contributed by atoms with Crippen LogP contribution >= 0.6 is 0 Å². The molecule has 2 heterocycles. The lowest BCUT2D eigenvalue weighted by atomic mass is 9.96. The van der Waals surface area contributed by atoms with Crippen molar-refractivity contribution in [2.75, 3.05) is 18.5 Å². The number of ether oxygens (including phenoxy) is 2. The zero-order chi connectivity index (χ0) is 13.8. The Hall–Kier alpha value is -1.87. The van der Waals surface area contributed by atoms with E-state index < -0.39 is 0 Å². The SMILES string of the molecule is N#Cc1cnc(NC2CCCCC2)nc1OC1COC1. The number of anilines is 1. The van der Waals surface area contributed by atoms with Crippen molar-refractivity contribution in [2.24, 2.45) is 0 Å². The lowest BCUT2D eigenvalue weighted by molar-refractivity contribution is -0.0814. The number of nitrogens with one attached hydrogen (secondary N) is 1. The van der Waals surface area contributed by atoms with Gasteiger partial charge in [-0.05, 0) is 12.8 Å². The van der Waals surface area contributed by atoms with E-state index in [0.717, 1.165) is 12.8 Å². The third-order valence-electron chi connectivity index (χ3n) is 3.70. The predicted molar refractivity (Wildman–Crippen MR) is 72.5 cm³/mol. The summed E-state index contributed by atoms with van der Waals surface area (Å²) < 4.78 is 10.7. The second-order valence-corrected chi connectivity index (χ2v) is 5.28. The van der Waals surface area contributed by atoms with E-state index in [1.54, 1.807) is 0 Å². The minimum atomic E-state index is -0.000435. The highest BCUT2D eigenvalue weighted by molar-refractivity contribution is 5.41. The molecule has 3 rings (SSSR count). The highest BCUT2D eigenvalue weighted by Gasteiger charge is 2.23. The average Bonchev–Trinajstić information content (AvgIpc) is 2.44. The van der Waals surface area contributed by atoms with E-state index in [1.165, 1.54) is 25.5 Å². The fourth-order valence-corrected chi connectivity index (χ4v) is 2.47. The zero-order valence-corrected chi connectivity index (χ0v) is 11.3. The Morgan fingerprint density at radius 2 is 2.10 bits per heavy atom. The molecule has 1 N–H and O–H groups in total. The zero-order valence-electron chi connectivity index (χ0n) is 11.3. The lowest BCUT2D eigenvalue weighted by Gasteiger charge is -2.27. The van der Waals surface area contributed by atoms with Crippen molar-refractivity contribution in [2.45, 2.75) is 44.2 Å².